The standard InChI is InChI=1S/C22H23NO5S/c1-25-17-8-7-15(12-19(17)26-2)18-13-16(23-28-18)14-27-21(24)22(9-3-4-10-22)20-6-5-11-29-20/h5-8,11-13H,3-4,9-10,14H2,1-2H3. The predicted molar refractivity (Wildman–Crippen MR) is 109 cm³/mol. The minimum Gasteiger partial charge on any atom is -0.493 e. The molecular formula is C22H23NO5S. The molecule has 0 radical (unpaired) electrons. The highest BCUT2D eigenvalue weighted by Crippen LogP contribution is 2.44. The van der Waals surface area contributed by atoms with Gasteiger partial charge in [-0.2, -0.15) is 0 Å². The molecule has 0 unspecified atom stereocenters. The summed E-state index contributed by atoms with van der Waals surface area (Å²) in [5, 5.41) is 6.06. The molecule has 0 bridgehead atoms. The van der Waals surface area contributed by atoms with Gasteiger partial charge in [-0.1, -0.05) is 24.1 Å². The Hall–Kier alpha value is -2.80. The molecule has 7 heteroatoms. The van der Waals surface area contributed by atoms with Crippen molar-refractivity contribution in [1.29, 1.82) is 0 Å². The minimum atomic E-state index is -0.510. The first-order valence-corrected chi connectivity index (χ1v) is 10.4. The SMILES string of the molecule is COc1ccc(-c2cc(COC(=O)C3(c4cccs4)CCCC3)no2)cc1OC. The van der Waals surface area contributed by atoms with Crippen LogP contribution in [0, 0.1) is 0 Å². The fourth-order valence-corrected chi connectivity index (χ4v) is 4.84. The monoisotopic (exact) mass is 413 g/mol. The molecule has 1 saturated carbocycles. The van der Waals surface area contributed by atoms with Crippen LogP contribution < -0.4 is 9.47 Å². The van der Waals surface area contributed by atoms with Crippen LogP contribution in [0.5, 0.6) is 11.5 Å². The number of benzene rings is 1. The Bertz CT molecular complexity index is 973. The van der Waals surface area contributed by atoms with E-state index < -0.39 is 5.41 Å². The zero-order valence-corrected chi connectivity index (χ0v) is 17.3. The van der Waals surface area contributed by atoms with Gasteiger partial charge in [0.2, 0.25) is 0 Å². The molecule has 1 aromatic carbocycles. The molecule has 0 aliphatic heterocycles. The van der Waals surface area contributed by atoms with Crippen molar-refractivity contribution >= 4 is 17.3 Å². The Labute approximate surface area is 173 Å². The average molecular weight is 413 g/mol. The van der Waals surface area contributed by atoms with E-state index in [4.69, 9.17) is 18.7 Å². The summed E-state index contributed by atoms with van der Waals surface area (Å²) in [6.07, 6.45) is 3.75. The van der Waals surface area contributed by atoms with Crippen LogP contribution in [0.1, 0.15) is 36.3 Å². The summed E-state index contributed by atoms with van der Waals surface area (Å²) in [4.78, 5) is 14.1. The van der Waals surface area contributed by atoms with Gasteiger partial charge in [-0.15, -0.1) is 11.3 Å². The lowest BCUT2D eigenvalue weighted by Crippen LogP contribution is -2.33. The third-order valence-electron chi connectivity index (χ3n) is 5.42. The Morgan fingerprint density at radius 3 is 2.62 bits per heavy atom. The Morgan fingerprint density at radius 1 is 1.14 bits per heavy atom. The smallest absolute Gasteiger partial charge is 0.317 e. The zero-order valence-electron chi connectivity index (χ0n) is 16.5. The molecular weight excluding hydrogens is 390 g/mol. The average Bonchev–Trinajstić information content (AvgIpc) is 3.52. The number of carbonyl (C=O) groups is 1. The number of esters is 1. The number of thiophene rings is 1. The van der Waals surface area contributed by atoms with Gasteiger partial charge in [0.05, 0.1) is 14.2 Å². The van der Waals surface area contributed by atoms with Gasteiger partial charge in [0.1, 0.15) is 17.7 Å². The third kappa shape index (κ3) is 3.74. The molecule has 0 atom stereocenters. The van der Waals surface area contributed by atoms with E-state index in [-0.39, 0.29) is 12.6 Å². The number of hydrogen-bond acceptors (Lipinski definition) is 7. The number of ether oxygens (including phenoxy) is 3. The van der Waals surface area contributed by atoms with Crippen LogP contribution in [0.15, 0.2) is 46.3 Å². The van der Waals surface area contributed by atoms with Gasteiger partial charge >= 0.3 is 5.97 Å². The summed E-state index contributed by atoms with van der Waals surface area (Å²) in [6, 6.07) is 11.3. The van der Waals surface area contributed by atoms with Crippen molar-refractivity contribution in [3.05, 3.63) is 52.3 Å². The lowest BCUT2D eigenvalue weighted by Gasteiger charge is -2.25. The first-order chi connectivity index (χ1) is 14.2. The summed E-state index contributed by atoms with van der Waals surface area (Å²) in [7, 11) is 3.17. The summed E-state index contributed by atoms with van der Waals surface area (Å²) < 4.78 is 21.7. The number of carbonyl (C=O) groups excluding carboxylic acids is 1. The first-order valence-electron chi connectivity index (χ1n) is 9.55. The van der Waals surface area contributed by atoms with E-state index in [1.54, 1.807) is 37.7 Å². The second-order valence-electron chi connectivity index (χ2n) is 7.09. The van der Waals surface area contributed by atoms with E-state index in [2.05, 4.69) is 5.16 Å². The van der Waals surface area contributed by atoms with Crippen LogP contribution in [0.25, 0.3) is 11.3 Å². The molecule has 1 fully saturated rings. The lowest BCUT2D eigenvalue weighted by atomic mass is 9.84. The van der Waals surface area contributed by atoms with Gasteiger partial charge in [0, 0.05) is 16.5 Å². The van der Waals surface area contributed by atoms with E-state index in [1.165, 1.54) is 0 Å². The zero-order chi connectivity index (χ0) is 20.3. The number of hydrogen-bond donors (Lipinski definition) is 0. The molecule has 4 rings (SSSR count). The van der Waals surface area contributed by atoms with Crippen molar-refractivity contribution in [2.24, 2.45) is 0 Å². The van der Waals surface area contributed by atoms with Gasteiger partial charge in [-0.05, 0) is 42.5 Å². The number of aromatic nitrogens is 1. The van der Waals surface area contributed by atoms with Gasteiger partial charge in [0.15, 0.2) is 17.3 Å². The van der Waals surface area contributed by atoms with E-state index in [9.17, 15) is 4.79 Å². The second kappa shape index (κ2) is 8.29. The quantitative estimate of drug-likeness (QED) is 0.509. The van der Waals surface area contributed by atoms with Crippen molar-refractivity contribution in [3.63, 3.8) is 0 Å². The number of rotatable bonds is 7. The van der Waals surface area contributed by atoms with Gasteiger partial charge in [-0.25, -0.2) is 0 Å². The van der Waals surface area contributed by atoms with Crippen molar-refractivity contribution in [1.82, 2.24) is 5.16 Å². The van der Waals surface area contributed by atoms with Crippen molar-refractivity contribution in [3.8, 4) is 22.8 Å². The molecule has 6 nitrogen and oxygen atoms in total. The molecule has 152 valence electrons. The number of methoxy groups -OCH3 is 2. The molecule has 29 heavy (non-hydrogen) atoms. The second-order valence-corrected chi connectivity index (χ2v) is 8.04. The summed E-state index contributed by atoms with van der Waals surface area (Å²) >= 11 is 1.62. The summed E-state index contributed by atoms with van der Waals surface area (Å²) in [5.41, 5.74) is 0.866. The molecule has 1 aliphatic rings. The van der Waals surface area contributed by atoms with Crippen molar-refractivity contribution < 1.29 is 23.5 Å². The largest absolute Gasteiger partial charge is 0.493 e. The molecule has 0 amide bonds. The number of nitrogens with zero attached hydrogens (tertiary/aromatic N) is 1. The molecule has 0 spiro atoms. The molecule has 0 N–H and O–H groups in total. The Morgan fingerprint density at radius 2 is 1.93 bits per heavy atom. The van der Waals surface area contributed by atoms with E-state index >= 15 is 0 Å². The maximum absolute atomic E-state index is 13.0. The maximum atomic E-state index is 13.0. The third-order valence-corrected chi connectivity index (χ3v) is 6.49. The van der Waals surface area contributed by atoms with Gasteiger partial charge in [-0.3, -0.25) is 4.79 Å². The van der Waals surface area contributed by atoms with Gasteiger partial charge < -0.3 is 18.7 Å². The normalized spacial score (nSPS) is 15.2. The molecule has 2 heterocycles. The maximum Gasteiger partial charge on any atom is 0.317 e. The summed E-state index contributed by atoms with van der Waals surface area (Å²) in [5.74, 6) is 1.65. The van der Waals surface area contributed by atoms with E-state index in [0.717, 1.165) is 36.1 Å². The van der Waals surface area contributed by atoms with Crippen LogP contribution >= 0.6 is 11.3 Å². The lowest BCUT2D eigenvalue weighted by molar-refractivity contribution is -0.152. The fourth-order valence-electron chi connectivity index (χ4n) is 3.86. The molecule has 0 saturated heterocycles. The molecule has 3 aromatic rings. The van der Waals surface area contributed by atoms with Gasteiger partial charge in [0.25, 0.3) is 0 Å². The Balaban J connectivity index is 1.46. The minimum absolute atomic E-state index is 0.0861. The van der Waals surface area contributed by atoms with Crippen molar-refractivity contribution in [2.75, 3.05) is 14.2 Å². The topological polar surface area (TPSA) is 70.8 Å². The van der Waals surface area contributed by atoms with Crippen LogP contribution in [-0.2, 0) is 21.6 Å². The van der Waals surface area contributed by atoms with E-state index in [1.807, 2.05) is 29.6 Å². The van der Waals surface area contributed by atoms with Crippen LogP contribution in [0.3, 0.4) is 0 Å². The van der Waals surface area contributed by atoms with E-state index in [0.29, 0.717) is 23.0 Å². The highest BCUT2D eigenvalue weighted by atomic mass is 32.1. The summed E-state index contributed by atoms with van der Waals surface area (Å²) in [6.45, 7) is 0.0861. The fraction of sp³-hybridized carbons (Fsp3) is 0.364. The van der Waals surface area contributed by atoms with Crippen LogP contribution in [0.2, 0.25) is 0 Å². The Kier molecular flexibility index (Phi) is 5.58. The van der Waals surface area contributed by atoms with Crippen LogP contribution in [0.4, 0.5) is 0 Å². The molecule has 1 aliphatic carbocycles. The highest BCUT2D eigenvalue weighted by Gasteiger charge is 2.45. The highest BCUT2D eigenvalue weighted by molar-refractivity contribution is 7.10. The first kappa shape index (κ1) is 19.5. The van der Waals surface area contributed by atoms with Crippen molar-refractivity contribution in [2.45, 2.75) is 37.7 Å². The molecule has 2 aromatic heterocycles. The van der Waals surface area contributed by atoms with Crippen LogP contribution in [-0.4, -0.2) is 25.3 Å². The predicted octanol–water partition coefficient (Wildman–Crippen LogP) is 4.98.